The van der Waals surface area contributed by atoms with Crippen LogP contribution >= 0.6 is 0 Å². The maximum absolute atomic E-state index is 13.3. The van der Waals surface area contributed by atoms with Crippen LogP contribution in [-0.4, -0.2) is 25.8 Å². The molecule has 1 heterocycles. The fourth-order valence-corrected chi connectivity index (χ4v) is 3.22. The van der Waals surface area contributed by atoms with Gasteiger partial charge in [-0.3, -0.25) is 0 Å². The molecule has 0 aromatic heterocycles. The molecular formula is C19H20F3NO. The third kappa shape index (κ3) is 3.97. The molecule has 2 nitrogen and oxygen atoms in total. The molecule has 2 aromatic carbocycles. The summed E-state index contributed by atoms with van der Waals surface area (Å²) >= 11 is 0. The van der Waals surface area contributed by atoms with E-state index in [-0.39, 0.29) is 12.0 Å². The smallest absolute Gasteiger partial charge is 0.375 e. The SMILES string of the molecule is FC(F)(F)c1ccccc1CC(c1ccccc1)[C@@H]1CNCCO1. The van der Waals surface area contributed by atoms with Crippen molar-refractivity contribution in [3.05, 3.63) is 71.3 Å². The average Bonchev–Trinajstić information content (AvgIpc) is 2.61. The number of halogens is 3. The summed E-state index contributed by atoms with van der Waals surface area (Å²) in [5.41, 5.74) is 0.755. The molecular weight excluding hydrogens is 315 g/mol. The van der Waals surface area contributed by atoms with Crippen LogP contribution in [0.1, 0.15) is 22.6 Å². The van der Waals surface area contributed by atoms with E-state index in [4.69, 9.17) is 4.74 Å². The van der Waals surface area contributed by atoms with Crippen LogP contribution in [-0.2, 0) is 17.3 Å². The molecule has 1 fully saturated rings. The monoisotopic (exact) mass is 335 g/mol. The lowest BCUT2D eigenvalue weighted by Gasteiger charge is -2.32. The van der Waals surface area contributed by atoms with Gasteiger partial charge in [-0.15, -0.1) is 0 Å². The molecule has 0 amide bonds. The molecule has 3 rings (SSSR count). The second-order valence-corrected chi connectivity index (χ2v) is 5.99. The molecule has 0 saturated carbocycles. The van der Waals surface area contributed by atoms with Crippen molar-refractivity contribution < 1.29 is 17.9 Å². The first kappa shape index (κ1) is 17.0. The Morgan fingerprint density at radius 3 is 2.42 bits per heavy atom. The molecule has 5 heteroatoms. The Bertz CT molecular complexity index is 651. The van der Waals surface area contributed by atoms with Gasteiger partial charge in [0, 0.05) is 19.0 Å². The number of morpholine rings is 1. The highest BCUT2D eigenvalue weighted by molar-refractivity contribution is 5.33. The van der Waals surface area contributed by atoms with Gasteiger partial charge in [0.2, 0.25) is 0 Å². The lowest BCUT2D eigenvalue weighted by Crippen LogP contribution is -2.42. The zero-order valence-corrected chi connectivity index (χ0v) is 13.2. The molecule has 2 aromatic rings. The first-order valence-electron chi connectivity index (χ1n) is 8.08. The van der Waals surface area contributed by atoms with Crippen molar-refractivity contribution in [1.29, 1.82) is 0 Å². The van der Waals surface area contributed by atoms with Gasteiger partial charge in [-0.2, -0.15) is 13.2 Å². The van der Waals surface area contributed by atoms with Crippen LogP contribution < -0.4 is 5.32 Å². The molecule has 1 aliphatic heterocycles. The van der Waals surface area contributed by atoms with Gasteiger partial charge in [-0.1, -0.05) is 48.5 Å². The highest BCUT2D eigenvalue weighted by atomic mass is 19.4. The van der Waals surface area contributed by atoms with Crippen molar-refractivity contribution in [2.45, 2.75) is 24.6 Å². The fourth-order valence-electron chi connectivity index (χ4n) is 3.22. The molecule has 2 atom stereocenters. The number of hydrogen-bond acceptors (Lipinski definition) is 2. The summed E-state index contributed by atoms with van der Waals surface area (Å²) in [6, 6.07) is 15.5. The highest BCUT2D eigenvalue weighted by Gasteiger charge is 2.35. The molecule has 0 radical (unpaired) electrons. The predicted molar refractivity (Wildman–Crippen MR) is 86.9 cm³/mol. The van der Waals surface area contributed by atoms with E-state index in [0.29, 0.717) is 25.1 Å². The van der Waals surface area contributed by atoms with E-state index >= 15 is 0 Å². The van der Waals surface area contributed by atoms with E-state index in [0.717, 1.165) is 18.2 Å². The molecule has 128 valence electrons. The maximum Gasteiger partial charge on any atom is 0.416 e. The Morgan fingerprint density at radius 2 is 1.75 bits per heavy atom. The largest absolute Gasteiger partial charge is 0.416 e. The summed E-state index contributed by atoms with van der Waals surface area (Å²) in [6.45, 7) is 2.00. The Balaban J connectivity index is 1.93. The minimum atomic E-state index is -4.34. The molecule has 0 aliphatic carbocycles. The van der Waals surface area contributed by atoms with Crippen molar-refractivity contribution in [2.75, 3.05) is 19.7 Å². The number of hydrogen-bond donors (Lipinski definition) is 1. The first-order chi connectivity index (χ1) is 11.6. The number of rotatable bonds is 4. The summed E-state index contributed by atoms with van der Waals surface area (Å²) < 4.78 is 45.7. The zero-order valence-electron chi connectivity index (χ0n) is 13.2. The second kappa shape index (κ2) is 7.36. The highest BCUT2D eigenvalue weighted by Crippen LogP contribution is 2.35. The molecule has 0 bridgehead atoms. The summed E-state index contributed by atoms with van der Waals surface area (Å²) in [4.78, 5) is 0. The second-order valence-electron chi connectivity index (χ2n) is 5.99. The summed E-state index contributed by atoms with van der Waals surface area (Å²) in [5.74, 6) is -0.123. The number of nitrogens with one attached hydrogen (secondary N) is 1. The number of alkyl halides is 3. The number of benzene rings is 2. The summed E-state index contributed by atoms with van der Waals surface area (Å²) in [5, 5.41) is 3.27. The standard InChI is InChI=1S/C19H20F3NO/c20-19(21,22)17-9-5-4-8-15(17)12-16(14-6-2-1-3-7-14)18-13-23-10-11-24-18/h1-9,16,18,23H,10-13H2/t16?,18-/m0/s1. The van der Waals surface area contributed by atoms with Gasteiger partial charge in [0.1, 0.15) is 0 Å². The van der Waals surface area contributed by atoms with Crippen molar-refractivity contribution in [3.8, 4) is 0 Å². The molecule has 1 unspecified atom stereocenters. The van der Waals surface area contributed by atoms with Gasteiger partial charge in [-0.05, 0) is 23.6 Å². The van der Waals surface area contributed by atoms with Crippen LogP contribution in [0.2, 0.25) is 0 Å². The molecule has 24 heavy (non-hydrogen) atoms. The van der Waals surface area contributed by atoms with Crippen LogP contribution in [0, 0.1) is 0 Å². The molecule has 1 saturated heterocycles. The van der Waals surface area contributed by atoms with Gasteiger partial charge in [0.05, 0.1) is 18.3 Å². The average molecular weight is 335 g/mol. The third-order valence-corrected chi connectivity index (χ3v) is 4.40. The molecule has 0 spiro atoms. The minimum absolute atomic E-state index is 0.123. The molecule has 1 N–H and O–H groups in total. The van der Waals surface area contributed by atoms with Crippen molar-refractivity contribution >= 4 is 0 Å². The Morgan fingerprint density at radius 1 is 1.04 bits per heavy atom. The maximum atomic E-state index is 13.3. The zero-order chi connectivity index (χ0) is 17.0. The van der Waals surface area contributed by atoms with E-state index in [1.165, 1.54) is 6.07 Å². The van der Waals surface area contributed by atoms with Crippen molar-refractivity contribution in [3.63, 3.8) is 0 Å². The van der Waals surface area contributed by atoms with Crippen LogP contribution in [0.25, 0.3) is 0 Å². The minimum Gasteiger partial charge on any atom is -0.375 e. The predicted octanol–water partition coefficient (Wildman–Crippen LogP) is 4.02. The van der Waals surface area contributed by atoms with Crippen LogP contribution in [0.15, 0.2) is 54.6 Å². The van der Waals surface area contributed by atoms with E-state index in [2.05, 4.69) is 5.32 Å². The van der Waals surface area contributed by atoms with Gasteiger partial charge in [0.15, 0.2) is 0 Å². The topological polar surface area (TPSA) is 21.3 Å². The van der Waals surface area contributed by atoms with Gasteiger partial charge in [-0.25, -0.2) is 0 Å². The normalized spacial score (nSPS) is 19.9. The van der Waals surface area contributed by atoms with Crippen molar-refractivity contribution in [1.82, 2.24) is 5.32 Å². The van der Waals surface area contributed by atoms with Crippen molar-refractivity contribution in [2.24, 2.45) is 0 Å². The Labute approximate surface area is 139 Å². The quantitative estimate of drug-likeness (QED) is 0.911. The lowest BCUT2D eigenvalue weighted by molar-refractivity contribution is -0.138. The lowest BCUT2D eigenvalue weighted by atomic mass is 9.85. The van der Waals surface area contributed by atoms with Crippen LogP contribution in [0.5, 0.6) is 0 Å². The van der Waals surface area contributed by atoms with E-state index < -0.39 is 11.7 Å². The number of ether oxygens (including phenoxy) is 1. The Kier molecular flexibility index (Phi) is 5.21. The fraction of sp³-hybridized carbons (Fsp3) is 0.368. The van der Waals surface area contributed by atoms with E-state index in [1.807, 2.05) is 30.3 Å². The third-order valence-electron chi connectivity index (χ3n) is 4.40. The van der Waals surface area contributed by atoms with Gasteiger partial charge < -0.3 is 10.1 Å². The van der Waals surface area contributed by atoms with Crippen LogP contribution in [0.4, 0.5) is 13.2 Å². The molecule has 1 aliphatic rings. The van der Waals surface area contributed by atoms with Gasteiger partial charge in [0.25, 0.3) is 0 Å². The van der Waals surface area contributed by atoms with Crippen LogP contribution in [0.3, 0.4) is 0 Å². The Hall–Kier alpha value is -1.85. The first-order valence-corrected chi connectivity index (χ1v) is 8.08. The van der Waals surface area contributed by atoms with E-state index in [1.54, 1.807) is 12.1 Å². The summed E-state index contributed by atoms with van der Waals surface area (Å²) in [6.07, 6.45) is -4.18. The van der Waals surface area contributed by atoms with E-state index in [9.17, 15) is 13.2 Å². The summed E-state index contributed by atoms with van der Waals surface area (Å²) in [7, 11) is 0. The van der Waals surface area contributed by atoms with Gasteiger partial charge >= 0.3 is 6.18 Å².